The van der Waals surface area contributed by atoms with E-state index in [0.29, 0.717) is 6.42 Å². The van der Waals surface area contributed by atoms with Crippen LogP contribution in [-0.4, -0.2) is 15.9 Å². The molecule has 1 saturated carbocycles. The monoisotopic (exact) mass is 302 g/mol. The first-order valence-corrected chi connectivity index (χ1v) is 7.95. The summed E-state index contributed by atoms with van der Waals surface area (Å²) >= 11 is 0. The first kappa shape index (κ1) is 16.5. The van der Waals surface area contributed by atoms with E-state index in [9.17, 15) is 4.79 Å². The Labute approximate surface area is 132 Å². The molecule has 1 heterocycles. The van der Waals surface area contributed by atoms with Gasteiger partial charge in [0, 0.05) is 23.9 Å². The number of hydrogen-bond acceptors (Lipinski definition) is 4. The standard InChI is InChI=1S/C17H26N4O/c1-12(9-14-11-19-16(18)21-13(14)2)20-15(22)10-17(3)7-5-4-6-8-17/h9,11H,4-8,10H2,1-3H3,(H,20,22)(H2,18,19,21)/b12-9+. The first-order chi connectivity index (χ1) is 10.4. The van der Waals surface area contributed by atoms with Gasteiger partial charge in [0.25, 0.3) is 0 Å². The number of carbonyl (C=O) groups is 1. The van der Waals surface area contributed by atoms with Crippen LogP contribution < -0.4 is 11.1 Å². The second-order valence-electron chi connectivity index (χ2n) is 6.69. The highest BCUT2D eigenvalue weighted by atomic mass is 16.1. The Balaban J connectivity index is 1.97. The van der Waals surface area contributed by atoms with Crippen molar-refractivity contribution < 1.29 is 4.79 Å². The largest absolute Gasteiger partial charge is 0.368 e. The fourth-order valence-electron chi connectivity index (χ4n) is 3.14. The number of amides is 1. The summed E-state index contributed by atoms with van der Waals surface area (Å²) in [7, 11) is 0. The number of allylic oxidation sites excluding steroid dienone is 1. The third kappa shape index (κ3) is 4.55. The van der Waals surface area contributed by atoms with Gasteiger partial charge in [0.2, 0.25) is 11.9 Å². The highest BCUT2D eigenvalue weighted by Gasteiger charge is 2.29. The number of aromatic nitrogens is 2. The molecule has 22 heavy (non-hydrogen) atoms. The summed E-state index contributed by atoms with van der Waals surface area (Å²) in [6, 6.07) is 0. The highest BCUT2D eigenvalue weighted by Crippen LogP contribution is 2.38. The predicted molar refractivity (Wildman–Crippen MR) is 88.8 cm³/mol. The molecule has 1 aromatic heterocycles. The SMILES string of the molecule is C/C(=C\c1cnc(N)nc1C)NC(=O)CC1(C)CCCCC1. The molecule has 120 valence electrons. The van der Waals surface area contributed by atoms with Crippen LogP contribution in [0.3, 0.4) is 0 Å². The van der Waals surface area contributed by atoms with E-state index in [-0.39, 0.29) is 17.3 Å². The maximum Gasteiger partial charge on any atom is 0.224 e. The zero-order valence-corrected chi connectivity index (χ0v) is 13.8. The van der Waals surface area contributed by atoms with E-state index in [1.54, 1.807) is 6.20 Å². The van der Waals surface area contributed by atoms with Gasteiger partial charge >= 0.3 is 0 Å². The molecule has 1 aromatic rings. The van der Waals surface area contributed by atoms with Crippen LogP contribution in [0.25, 0.3) is 6.08 Å². The number of nitrogens with two attached hydrogens (primary N) is 1. The molecular formula is C17H26N4O. The second-order valence-corrected chi connectivity index (χ2v) is 6.69. The van der Waals surface area contributed by atoms with Gasteiger partial charge in [0.05, 0.1) is 5.69 Å². The number of carbonyl (C=O) groups excluding carboxylic acids is 1. The lowest BCUT2D eigenvalue weighted by atomic mass is 9.73. The van der Waals surface area contributed by atoms with Gasteiger partial charge in [-0.3, -0.25) is 4.79 Å². The maximum atomic E-state index is 12.3. The summed E-state index contributed by atoms with van der Waals surface area (Å²) in [5.74, 6) is 0.355. The molecule has 1 aliphatic rings. The minimum Gasteiger partial charge on any atom is -0.368 e. The van der Waals surface area contributed by atoms with Crippen molar-refractivity contribution in [2.24, 2.45) is 5.41 Å². The summed E-state index contributed by atoms with van der Waals surface area (Å²) in [6.45, 7) is 5.99. The van der Waals surface area contributed by atoms with Crippen LogP contribution in [0.15, 0.2) is 11.9 Å². The summed E-state index contributed by atoms with van der Waals surface area (Å²) in [5, 5.41) is 2.98. The second kappa shape index (κ2) is 6.90. The molecule has 0 bridgehead atoms. The number of nitrogen functional groups attached to an aromatic ring is 1. The molecule has 1 amide bonds. The average molecular weight is 302 g/mol. The summed E-state index contributed by atoms with van der Waals surface area (Å²) < 4.78 is 0. The molecule has 2 rings (SSSR count). The van der Waals surface area contributed by atoms with Crippen LogP contribution in [0.2, 0.25) is 0 Å². The molecule has 5 nitrogen and oxygen atoms in total. The Kier molecular flexibility index (Phi) is 5.16. The number of nitrogens with zero attached hydrogens (tertiary/aromatic N) is 2. The van der Waals surface area contributed by atoms with E-state index in [2.05, 4.69) is 22.2 Å². The normalized spacial score (nSPS) is 18.0. The van der Waals surface area contributed by atoms with Crippen molar-refractivity contribution in [3.8, 4) is 0 Å². The molecule has 0 saturated heterocycles. The maximum absolute atomic E-state index is 12.3. The number of anilines is 1. The molecule has 0 unspecified atom stereocenters. The lowest BCUT2D eigenvalue weighted by Gasteiger charge is -2.32. The van der Waals surface area contributed by atoms with Crippen molar-refractivity contribution in [1.82, 2.24) is 15.3 Å². The minimum atomic E-state index is 0.0900. The van der Waals surface area contributed by atoms with Gasteiger partial charge in [-0.15, -0.1) is 0 Å². The van der Waals surface area contributed by atoms with Crippen molar-refractivity contribution in [3.05, 3.63) is 23.2 Å². The fraction of sp³-hybridized carbons (Fsp3) is 0.588. The third-order valence-corrected chi connectivity index (χ3v) is 4.39. The highest BCUT2D eigenvalue weighted by molar-refractivity contribution is 5.79. The van der Waals surface area contributed by atoms with Gasteiger partial charge in [-0.25, -0.2) is 9.97 Å². The van der Waals surface area contributed by atoms with Gasteiger partial charge in [0.1, 0.15) is 0 Å². The van der Waals surface area contributed by atoms with Crippen LogP contribution in [0.4, 0.5) is 5.95 Å². The zero-order chi connectivity index (χ0) is 16.2. The third-order valence-electron chi connectivity index (χ3n) is 4.39. The number of hydrogen-bond donors (Lipinski definition) is 2. The lowest BCUT2D eigenvalue weighted by Crippen LogP contribution is -2.30. The van der Waals surface area contributed by atoms with Crippen molar-refractivity contribution in [3.63, 3.8) is 0 Å². The Bertz CT molecular complexity index is 574. The topological polar surface area (TPSA) is 80.9 Å². The van der Waals surface area contributed by atoms with E-state index in [0.717, 1.165) is 29.8 Å². The van der Waals surface area contributed by atoms with E-state index in [1.807, 2.05) is 19.9 Å². The minimum absolute atomic E-state index is 0.0900. The van der Waals surface area contributed by atoms with Gasteiger partial charge in [0.15, 0.2) is 0 Å². The summed E-state index contributed by atoms with van der Waals surface area (Å²) in [6.07, 6.45) is 10.2. The molecule has 0 atom stereocenters. The Morgan fingerprint density at radius 1 is 1.41 bits per heavy atom. The Hall–Kier alpha value is -1.91. The average Bonchev–Trinajstić information content (AvgIpc) is 2.42. The van der Waals surface area contributed by atoms with Crippen molar-refractivity contribution in [2.75, 3.05) is 5.73 Å². The molecule has 0 aliphatic heterocycles. The van der Waals surface area contributed by atoms with Gasteiger partial charge in [-0.2, -0.15) is 0 Å². The fourth-order valence-corrected chi connectivity index (χ4v) is 3.14. The van der Waals surface area contributed by atoms with Gasteiger partial charge in [-0.1, -0.05) is 26.2 Å². The van der Waals surface area contributed by atoms with E-state index < -0.39 is 0 Å². The predicted octanol–water partition coefficient (Wildman–Crippen LogP) is 3.20. The van der Waals surface area contributed by atoms with Gasteiger partial charge in [-0.05, 0) is 38.2 Å². The van der Waals surface area contributed by atoms with E-state index in [1.165, 1.54) is 19.3 Å². The smallest absolute Gasteiger partial charge is 0.224 e. The zero-order valence-electron chi connectivity index (χ0n) is 13.8. The lowest BCUT2D eigenvalue weighted by molar-refractivity contribution is -0.122. The van der Waals surface area contributed by atoms with E-state index >= 15 is 0 Å². The first-order valence-electron chi connectivity index (χ1n) is 7.95. The van der Waals surface area contributed by atoms with Crippen LogP contribution in [-0.2, 0) is 4.79 Å². The number of aryl methyl sites for hydroxylation is 1. The number of rotatable bonds is 4. The molecule has 3 N–H and O–H groups in total. The van der Waals surface area contributed by atoms with Crippen LogP contribution in [0, 0.1) is 12.3 Å². The van der Waals surface area contributed by atoms with Crippen LogP contribution in [0.5, 0.6) is 0 Å². The summed E-state index contributed by atoms with van der Waals surface area (Å²) in [5.41, 5.74) is 8.18. The molecule has 5 heteroatoms. The van der Waals surface area contributed by atoms with Crippen LogP contribution >= 0.6 is 0 Å². The van der Waals surface area contributed by atoms with Crippen molar-refractivity contribution in [1.29, 1.82) is 0 Å². The Morgan fingerprint density at radius 3 is 2.73 bits per heavy atom. The molecule has 1 fully saturated rings. The molecule has 0 radical (unpaired) electrons. The number of nitrogens with one attached hydrogen (secondary N) is 1. The van der Waals surface area contributed by atoms with Crippen molar-refractivity contribution in [2.45, 2.75) is 59.3 Å². The van der Waals surface area contributed by atoms with Crippen LogP contribution in [0.1, 0.15) is 63.6 Å². The molecule has 0 spiro atoms. The van der Waals surface area contributed by atoms with Gasteiger partial charge < -0.3 is 11.1 Å². The Morgan fingerprint density at radius 2 is 2.09 bits per heavy atom. The van der Waals surface area contributed by atoms with Crippen molar-refractivity contribution >= 4 is 17.9 Å². The quantitative estimate of drug-likeness (QED) is 0.895. The molecule has 0 aromatic carbocycles. The molecular weight excluding hydrogens is 276 g/mol. The molecule has 1 aliphatic carbocycles. The summed E-state index contributed by atoms with van der Waals surface area (Å²) in [4.78, 5) is 20.4. The van der Waals surface area contributed by atoms with E-state index in [4.69, 9.17) is 5.73 Å².